The molecule has 0 aliphatic carbocycles. The van der Waals surface area contributed by atoms with Gasteiger partial charge in [0.2, 0.25) is 5.91 Å². The SMILES string of the molecule is CC(O)C(=O)O.CCCCCCCCCCCCCCCC(=O)O.CN(C)CCC(N)=O. The number of nitrogens with zero attached hydrogens (tertiary/aromatic N) is 1. The van der Waals surface area contributed by atoms with Gasteiger partial charge in [-0.15, -0.1) is 0 Å². The molecule has 5 N–H and O–H groups in total. The van der Waals surface area contributed by atoms with Crippen LogP contribution in [0.2, 0.25) is 0 Å². The fraction of sp³-hybridized carbons (Fsp3) is 0.875. The molecule has 0 fully saturated rings. The highest BCUT2D eigenvalue weighted by Gasteiger charge is 2.01. The molecular weight excluding hydrogens is 412 g/mol. The highest BCUT2D eigenvalue weighted by Crippen LogP contribution is 2.12. The van der Waals surface area contributed by atoms with Gasteiger partial charge in [-0.05, 0) is 27.4 Å². The standard InChI is InChI=1S/C16H32O2.C5H12N2O.C3H6O3/c1-2-3-4-5-6-7-8-9-10-11-12-13-14-15-16(17)18;1-7(2)4-3-5(6)8;1-2(4)3(5)6/h2-15H2,1H3,(H,17,18);3-4H2,1-2H3,(H2,6,8);2,4H,1H3,(H,5,6). The van der Waals surface area contributed by atoms with Crippen LogP contribution in [0.25, 0.3) is 0 Å². The number of aliphatic carboxylic acids is 2. The Morgan fingerprint density at radius 3 is 1.31 bits per heavy atom. The lowest BCUT2D eigenvalue weighted by Gasteiger charge is -2.05. The summed E-state index contributed by atoms with van der Waals surface area (Å²) in [5.74, 6) is -2.08. The number of carbonyl (C=O) groups excluding carboxylic acids is 1. The van der Waals surface area contributed by atoms with E-state index in [0.29, 0.717) is 12.8 Å². The van der Waals surface area contributed by atoms with Crippen molar-refractivity contribution in [3.05, 3.63) is 0 Å². The van der Waals surface area contributed by atoms with Crippen molar-refractivity contribution >= 4 is 17.8 Å². The van der Waals surface area contributed by atoms with Crippen LogP contribution in [0, 0.1) is 0 Å². The maximum atomic E-state index is 10.3. The van der Waals surface area contributed by atoms with Crippen molar-refractivity contribution in [1.29, 1.82) is 0 Å². The number of aliphatic hydroxyl groups is 1. The molecule has 0 saturated carbocycles. The van der Waals surface area contributed by atoms with E-state index < -0.39 is 18.0 Å². The fourth-order valence-corrected chi connectivity index (χ4v) is 2.63. The first-order chi connectivity index (χ1) is 15.0. The van der Waals surface area contributed by atoms with Gasteiger partial charge >= 0.3 is 11.9 Å². The molecule has 1 unspecified atom stereocenters. The Morgan fingerprint density at radius 1 is 0.750 bits per heavy atom. The molecule has 1 atom stereocenters. The number of aliphatic hydroxyl groups excluding tert-OH is 1. The van der Waals surface area contributed by atoms with Gasteiger partial charge in [0.1, 0.15) is 6.10 Å². The van der Waals surface area contributed by atoms with E-state index in [1.165, 1.54) is 77.6 Å². The van der Waals surface area contributed by atoms with Crippen molar-refractivity contribution in [1.82, 2.24) is 4.90 Å². The number of hydrogen-bond donors (Lipinski definition) is 4. The van der Waals surface area contributed by atoms with Crippen LogP contribution in [0.5, 0.6) is 0 Å². The second-order valence-electron chi connectivity index (χ2n) is 8.42. The molecule has 32 heavy (non-hydrogen) atoms. The third-order valence-corrected chi connectivity index (χ3v) is 4.66. The van der Waals surface area contributed by atoms with Crippen molar-refractivity contribution in [2.24, 2.45) is 5.73 Å². The zero-order chi connectivity index (χ0) is 25.2. The van der Waals surface area contributed by atoms with E-state index in [0.717, 1.165) is 19.4 Å². The van der Waals surface area contributed by atoms with Crippen LogP contribution in [-0.2, 0) is 14.4 Å². The molecule has 8 heteroatoms. The molecule has 0 heterocycles. The summed E-state index contributed by atoms with van der Waals surface area (Å²) in [6.07, 6.45) is 16.5. The molecule has 0 spiro atoms. The van der Waals surface area contributed by atoms with Crippen molar-refractivity contribution in [3.8, 4) is 0 Å². The van der Waals surface area contributed by atoms with Gasteiger partial charge in [-0.1, -0.05) is 84.0 Å². The van der Waals surface area contributed by atoms with Gasteiger partial charge in [-0.2, -0.15) is 0 Å². The van der Waals surface area contributed by atoms with Crippen molar-refractivity contribution in [3.63, 3.8) is 0 Å². The van der Waals surface area contributed by atoms with Crippen molar-refractivity contribution in [2.75, 3.05) is 20.6 Å². The normalized spacial score (nSPS) is 11.1. The Labute approximate surface area is 195 Å². The van der Waals surface area contributed by atoms with E-state index in [2.05, 4.69) is 6.92 Å². The number of hydrogen-bond acceptors (Lipinski definition) is 5. The number of primary amides is 1. The third-order valence-electron chi connectivity index (χ3n) is 4.66. The second-order valence-corrected chi connectivity index (χ2v) is 8.42. The zero-order valence-corrected chi connectivity index (χ0v) is 21.0. The molecule has 0 aliphatic heterocycles. The van der Waals surface area contributed by atoms with Gasteiger partial charge in [-0.3, -0.25) is 9.59 Å². The average molecular weight is 463 g/mol. The molecule has 0 rings (SSSR count). The lowest BCUT2D eigenvalue weighted by molar-refractivity contribution is -0.145. The number of carbonyl (C=O) groups is 3. The maximum Gasteiger partial charge on any atom is 0.332 e. The van der Waals surface area contributed by atoms with Crippen LogP contribution in [0.1, 0.15) is 110 Å². The van der Waals surface area contributed by atoms with Gasteiger partial charge < -0.3 is 26.0 Å². The van der Waals surface area contributed by atoms with Crippen LogP contribution in [-0.4, -0.2) is 64.8 Å². The van der Waals surface area contributed by atoms with E-state index in [-0.39, 0.29) is 5.91 Å². The summed E-state index contributed by atoms with van der Waals surface area (Å²) in [5, 5.41) is 24.3. The summed E-state index contributed by atoms with van der Waals surface area (Å²) in [6.45, 7) is 4.20. The highest BCUT2D eigenvalue weighted by molar-refractivity contribution is 5.73. The predicted molar refractivity (Wildman–Crippen MR) is 130 cm³/mol. The van der Waals surface area contributed by atoms with Gasteiger partial charge in [0.15, 0.2) is 0 Å². The molecule has 0 bridgehead atoms. The van der Waals surface area contributed by atoms with E-state index in [4.69, 9.17) is 21.1 Å². The summed E-state index contributed by atoms with van der Waals surface area (Å²) in [4.78, 5) is 31.8. The van der Waals surface area contributed by atoms with Crippen LogP contribution in [0.15, 0.2) is 0 Å². The lowest BCUT2D eigenvalue weighted by Crippen LogP contribution is -2.20. The fourth-order valence-electron chi connectivity index (χ4n) is 2.63. The minimum absolute atomic E-state index is 0.237. The topological polar surface area (TPSA) is 141 Å². The molecule has 0 saturated heterocycles. The highest BCUT2D eigenvalue weighted by atomic mass is 16.4. The Kier molecular flexibility index (Phi) is 29.9. The molecular formula is C24H50N2O6. The van der Waals surface area contributed by atoms with E-state index in [1.807, 2.05) is 19.0 Å². The smallest absolute Gasteiger partial charge is 0.332 e. The van der Waals surface area contributed by atoms with Crippen molar-refractivity contribution < 1.29 is 29.7 Å². The van der Waals surface area contributed by atoms with Crippen molar-refractivity contribution in [2.45, 2.75) is 116 Å². The van der Waals surface area contributed by atoms with Gasteiger partial charge in [0, 0.05) is 19.4 Å². The zero-order valence-electron chi connectivity index (χ0n) is 21.0. The number of rotatable bonds is 18. The summed E-state index contributed by atoms with van der Waals surface area (Å²) < 4.78 is 0. The summed E-state index contributed by atoms with van der Waals surface area (Å²) in [6, 6.07) is 0. The maximum absolute atomic E-state index is 10.3. The number of amides is 1. The molecule has 0 aromatic heterocycles. The quantitative estimate of drug-likeness (QED) is 0.221. The Bertz CT molecular complexity index is 442. The first kappa shape index (κ1) is 34.9. The molecule has 0 aliphatic rings. The first-order valence-electron chi connectivity index (χ1n) is 12.1. The third kappa shape index (κ3) is 42.4. The molecule has 0 radical (unpaired) electrons. The second kappa shape index (κ2) is 27.4. The minimum atomic E-state index is -1.23. The van der Waals surface area contributed by atoms with Crippen LogP contribution >= 0.6 is 0 Å². The van der Waals surface area contributed by atoms with Crippen LogP contribution in [0.3, 0.4) is 0 Å². The van der Waals surface area contributed by atoms with Gasteiger partial charge in [0.05, 0.1) is 0 Å². The summed E-state index contributed by atoms with van der Waals surface area (Å²) in [5.41, 5.74) is 4.88. The minimum Gasteiger partial charge on any atom is -0.481 e. The van der Waals surface area contributed by atoms with Crippen LogP contribution in [0.4, 0.5) is 0 Å². The number of unbranched alkanes of at least 4 members (excludes halogenated alkanes) is 12. The summed E-state index contributed by atoms with van der Waals surface area (Å²) in [7, 11) is 3.81. The molecule has 0 aromatic carbocycles. The predicted octanol–water partition coefficient (Wildman–Crippen LogP) is 4.43. The lowest BCUT2D eigenvalue weighted by atomic mass is 10.0. The van der Waals surface area contributed by atoms with E-state index >= 15 is 0 Å². The Hall–Kier alpha value is -1.67. The molecule has 0 aromatic rings. The summed E-state index contributed by atoms with van der Waals surface area (Å²) >= 11 is 0. The number of carboxylic acids is 2. The van der Waals surface area contributed by atoms with Crippen LogP contribution < -0.4 is 5.73 Å². The monoisotopic (exact) mass is 462 g/mol. The van der Waals surface area contributed by atoms with E-state index in [9.17, 15) is 14.4 Å². The van der Waals surface area contributed by atoms with E-state index in [1.54, 1.807) is 0 Å². The first-order valence-corrected chi connectivity index (χ1v) is 12.1. The van der Waals surface area contributed by atoms with Gasteiger partial charge in [-0.25, -0.2) is 4.79 Å². The largest absolute Gasteiger partial charge is 0.481 e. The number of carboxylic acid groups (broad SMARTS) is 2. The Balaban J connectivity index is -0.000000492. The van der Waals surface area contributed by atoms with Gasteiger partial charge in [0.25, 0.3) is 0 Å². The molecule has 192 valence electrons. The molecule has 8 nitrogen and oxygen atoms in total. The average Bonchev–Trinajstić information content (AvgIpc) is 2.70. The Morgan fingerprint density at radius 2 is 1.09 bits per heavy atom. The molecule has 1 amide bonds. The number of nitrogens with two attached hydrogens (primary N) is 1.